The number of aliphatic hydroxyl groups is 1. The van der Waals surface area contributed by atoms with Crippen molar-refractivity contribution in [1.82, 2.24) is 0 Å². The fourth-order valence-corrected chi connectivity index (χ4v) is 1.79. The van der Waals surface area contributed by atoms with Crippen LogP contribution in [0.3, 0.4) is 0 Å². The molecule has 1 unspecified atom stereocenters. The summed E-state index contributed by atoms with van der Waals surface area (Å²) in [6, 6.07) is 13.5. The van der Waals surface area contributed by atoms with Gasteiger partial charge in [-0.25, -0.2) is 9.59 Å². The number of benzene rings is 2. The number of carbonyl (C=O) groups is 2. The summed E-state index contributed by atoms with van der Waals surface area (Å²) in [5.74, 6) is -0.804. The van der Waals surface area contributed by atoms with Crippen LogP contribution in [0.4, 0.5) is 0 Å². The summed E-state index contributed by atoms with van der Waals surface area (Å²) in [6.07, 6.45) is 0.177. The molecule has 0 amide bonds. The van der Waals surface area contributed by atoms with E-state index in [1.807, 2.05) is 42.5 Å². The standard InChI is InChI=1S/C16H16O4.C4H6O2/c1-2-16(18)20-11-13(17)10-19-15-9-5-7-12-6-3-4-8-14(12)15;1-3(2)4(5)6/h2-9,13,17H,1,10-11H2;1H2,2H3,(H,5,6). The molecule has 0 bridgehead atoms. The minimum atomic E-state index is -0.935. The zero-order chi connectivity index (χ0) is 19.5. The van der Waals surface area contributed by atoms with Gasteiger partial charge in [0.05, 0.1) is 0 Å². The molecule has 0 aliphatic carbocycles. The maximum Gasteiger partial charge on any atom is 0.330 e. The topological polar surface area (TPSA) is 93.1 Å². The highest BCUT2D eigenvalue weighted by atomic mass is 16.5. The highest BCUT2D eigenvalue weighted by Gasteiger charge is 2.09. The second-order valence-corrected chi connectivity index (χ2v) is 5.36. The highest BCUT2D eigenvalue weighted by Crippen LogP contribution is 2.25. The summed E-state index contributed by atoms with van der Waals surface area (Å²) in [4.78, 5) is 20.5. The number of rotatable bonds is 7. The van der Waals surface area contributed by atoms with Crippen molar-refractivity contribution < 1.29 is 29.3 Å². The van der Waals surface area contributed by atoms with Gasteiger partial charge in [-0.2, -0.15) is 0 Å². The molecule has 2 rings (SSSR count). The van der Waals surface area contributed by atoms with Crippen molar-refractivity contribution in [1.29, 1.82) is 0 Å². The maximum absolute atomic E-state index is 10.9. The van der Waals surface area contributed by atoms with E-state index < -0.39 is 18.0 Å². The third-order valence-corrected chi connectivity index (χ3v) is 3.13. The molecule has 2 aromatic carbocycles. The normalized spacial score (nSPS) is 10.8. The number of aliphatic hydroxyl groups excluding tert-OH is 1. The Kier molecular flexibility index (Phi) is 8.60. The first-order valence-corrected chi connectivity index (χ1v) is 7.81. The number of ether oxygens (including phenoxy) is 2. The van der Waals surface area contributed by atoms with E-state index in [9.17, 15) is 14.7 Å². The van der Waals surface area contributed by atoms with Crippen LogP contribution in [0.5, 0.6) is 5.75 Å². The van der Waals surface area contributed by atoms with E-state index in [0.29, 0.717) is 5.75 Å². The molecule has 6 nitrogen and oxygen atoms in total. The van der Waals surface area contributed by atoms with Gasteiger partial charge in [0.2, 0.25) is 0 Å². The van der Waals surface area contributed by atoms with Crippen molar-refractivity contribution in [3.05, 3.63) is 67.3 Å². The van der Waals surface area contributed by atoms with Gasteiger partial charge >= 0.3 is 11.9 Å². The summed E-state index contributed by atoms with van der Waals surface area (Å²) in [6.45, 7) is 7.82. The van der Waals surface area contributed by atoms with Gasteiger partial charge in [-0.1, -0.05) is 49.6 Å². The lowest BCUT2D eigenvalue weighted by atomic mass is 10.1. The molecule has 1 atom stereocenters. The molecule has 0 aliphatic rings. The van der Waals surface area contributed by atoms with Gasteiger partial charge in [-0.05, 0) is 18.4 Å². The number of hydrogen-bond acceptors (Lipinski definition) is 5. The Labute approximate surface area is 152 Å². The lowest BCUT2D eigenvalue weighted by molar-refractivity contribution is -0.141. The number of carboxylic acids is 1. The maximum atomic E-state index is 10.9. The van der Waals surface area contributed by atoms with Crippen LogP contribution in [0.15, 0.2) is 67.3 Å². The van der Waals surface area contributed by atoms with E-state index in [-0.39, 0.29) is 18.8 Å². The van der Waals surface area contributed by atoms with Crippen molar-refractivity contribution in [2.75, 3.05) is 13.2 Å². The molecule has 138 valence electrons. The van der Waals surface area contributed by atoms with Crippen LogP contribution >= 0.6 is 0 Å². The Morgan fingerprint density at radius 1 is 1.15 bits per heavy atom. The van der Waals surface area contributed by atoms with Crippen LogP contribution in [0.1, 0.15) is 6.92 Å². The molecular formula is C20H22O6. The Balaban J connectivity index is 0.000000487. The highest BCUT2D eigenvalue weighted by molar-refractivity contribution is 5.88. The van der Waals surface area contributed by atoms with E-state index in [1.54, 1.807) is 0 Å². The van der Waals surface area contributed by atoms with E-state index in [1.165, 1.54) is 6.92 Å². The van der Waals surface area contributed by atoms with Crippen LogP contribution < -0.4 is 4.74 Å². The van der Waals surface area contributed by atoms with Gasteiger partial charge in [0.25, 0.3) is 0 Å². The molecule has 0 saturated heterocycles. The van der Waals surface area contributed by atoms with Crippen LogP contribution in [0.25, 0.3) is 10.8 Å². The van der Waals surface area contributed by atoms with Crippen molar-refractivity contribution >= 4 is 22.7 Å². The molecular weight excluding hydrogens is 336 g/mol. The van der Waals surface area contributed by atoms with E-state index in [2.05, 4.69) is 13.2 Å². The SMILES string of the molecule is C=C(C)C(=O)O.C=CC(=O)OCC(O)COc1cccc2ccccc12. The fraction of sp³-hybridized carbons (Fsp3) is 0.200. The first kappa shape index (κ1) is 20.9. The number of carbonyl (C=O) groups excluding carboxylic acids is 1. The van der Waals surface area contributed by atoms with E-state index in [4.69, 9.17) is 14.6 Å². The van der Waals surface area contributed by atoms with Crippen LogP contribution in [0.2, 0.25) is 0 Å². The predicted molar refractivity (Wildman–Crippen MR) is 99.1 cm³/mol. The summed E-state index contributed by atoms with van der Waals surface area (Å²) >= 11 is 0. The van der Waals surface area contributed by atoms with Gasteiger partial charge in [-0.15, -0.1) is 0 Å². The lowest BCUT2D eigenvalue weighted by Crippen LogP contribution is -2.24. The molecule has 2 aromatic rings. The summed E-state index contributed by atoms with van der Waals surface area (Å²) in [7, 11) is 0. The molecule has 0 saturated carbocycles. The monoisotopic (exact) mass is 358 g/mol. The molecule has 2 N–H and O–H groups in total. The number of carboxylic acid groups (broad SMARTS) is 1. The van der Waals surface area contributed by atoms with Gasteiger partial charge < -0.3 is 19.7 Å². The van der Waals surface area contributed by atoms with Crippen molar-refractivity contribution in [2.45, 2.75) is 13.0 Å². The number of hydrogen-bond donors (Lipinski definition) is 2. The third-order valence-electron chi connectivity index (χ3n) is 3.13. The molecule has 0 aromatic heterocycles. The van der Waals surface area contributed by atoms with Gasteiger partial charge in [0.1, 0.15) is 25.1 Å². The van der Waals surface area contributed by atoms with E-state index in [0.717, 1.165) is 16.8 Å². The Bertz CT molecular complexity index is 763. The molecule has 0 radical (unpaired) electrons. The number of aliphatic carboxylic acids is 1. The molecule has 0 heterocycles. The summed E-state index contributed by atoms with van der Waals surface area (Å²) in [5.41, 5.74) is 0.176. The molecule has 0 aliphatic heterocycles. The summed E-state index contributed by atoms with van der Waals surface area (Å²) < 4.78 is 10.3. The number of fused-ring (bicyclic) bond motifs is 1. The molecule has 6 heteroatoms. The van der Waals surface area contributed by atoms with Gasteiger partial charge in [0, 0.05) is 17.0 Å². The first-order chi connectivity index (χ1) is 12.3. The van der Waals surface area contributed by atoms with E-state index >= 15 is 0 Å². The smallest absolute Gasteiger partial charge is 0.330 e. The average Bonchev–Trinajstić information content (AvgIpc) is 2.64. The van der Waals surface area contributed by atoms with Crippen LogP contribution in [-0.4, -0.2) is 41.5 Å². The largest absolute Gasteiger partial charge is 0.490 e. The average molecular weight is 358 g/mol. The zero-order valence-corrected chi connectivity index (χ0v) is 14.6. The first-order valence-electron chi connectivity index (χ1n) is 7.81. The fourth-order valence-electron chi connectivity index (χ4n) is 1.79. The van der Waals surface area contributed by atoms with Crippen LogP contribution in [0, 0.1) is 0 Å². The van der Waals surface area contributed by atoms with Gasteiger partial charge in [0.15, 0.2) is 0 Å². The lowest BCUT2D eigenvalue weighted by Gasteiger charge is -2.13. The minimum Gasteiger partial charge on any atom is -0.490 e. The second kappa shape index (κ2) is 10.7. The molecule has 0 spiro atoms. The quantitative estimate of drug-likeness (QED) is 0.584. The predicted octanol–water partition coefficient (Wildman–Crippen LogP) is 2.96. The Morgan fingerprint density at radius 3 is 2.38 bits per heavy atom. The molecule has 26 heavy (non-hydrogen) atoms. The van der Waals surface area contributed by atoms with Crippen molar-refractivity contribution in [3.63, 3.8) is 0 Å². The Morgan fingerprint density at radius 2 is 1.77 bits per heavy atom. The summed E-state index contributed by atoms with van der Waals surface area (Å²) in [5, 5.41) is 19.6. The van der Waals surface area contributed by atoms with Gasteiger partial charge in [-0.3, -0.25) is 0 Å². The third kappa shape index (κ3) is 7.19. The van der Waals surface area contributed by atoms with Crippen molar-refractivity contribution in [2.24, 2.45) is 0 Å². The molecule has 0 fully saturated rings. The van der Waals surface area contributed by atoms with Crippen LogP contribution in [-0.2, 0) is 14.3 Å². The number of esters is 1. The minimum absolute atomic E-state index is 0.0540. The van der Waals surface area contributed by atoms with Crippen molar-refractivity contribution in [3.8, 4) is 5.75 Å². The Hall–Kier alpha value is -3.12. The second-order valence-electron chi connectivity index (χ2n) is 5.36. The zero-order valence-electron chi connectivity index (χ0n) is 14.6.